The lowest BCUT2D eigenvalue weighted by atomic mass is 10.2. The van der Waals surface area contributed by atoms with Crippen molar-refractivity contribution in [3.05, 3.63) is 0 Å². The Kier molecular flexibility index (Phi) is 16.0. The van der Waals surface area contributed by atoms with Crippen LogP contribution in [0.25, 0.3) is 0 Å². The molecule has 1 aliphatic rings. The number of rotatable bonds is 11. The molecule has 0 aliphatic carbocycles. The first kappa shape index (κ1) is 23.3. The van der Waals surface area contributed by atoms with Gasteiger partial charge in [0, 0.05) is 32.8 Å². The maximum absolute atomic E-state index is 5.20. The molecule has 1 unspecified atom stereocenters. The molecule has 5 nitrogen and oxygen atoms in total. The minimum absolute atomic E-state index is 0. The van der Waals surface area contributed by atoms with Gasteiger partial charge >= 0.3 is 0 Å². The van der Waals surface area contributed by atoms with Gasteiger partial charge in [0.2, 0.25) is 0 Å². The Hall–Kier alpha value is 0.270. The number of unbranched alkanes of at least 4 members (excludes halogenated alkanes) is 1. The summed E-state index contributed by atoms with van der Waals surface area (Å²) in [6.07, 6.45) is 7.16. The highest BCUT2D eigenvalue weighted by Gasteiger charge is 2.23. The second-order valence-electron chi connectivity index (χ2n) is 5.67. The quantitative estimate of drug-likeness (QED) is 0.216. The fourth-order valence-corrected chi connectivity index (χ4v) is 3.21. The highest BCUT2D eigenvalue weighted by molar-refractivity contribution is 14.0. The van der Waals surface area contributed by atoms with Gasteiger partial charge in [0.1, 0.15) is 0 Å². The highest BCUT2D eigenvalue weighted by Crippen LogP contribution is 2.16. The minimum atomic E-state index is 0. The van der Waals surface area contributed by atoms with E-state index in [-0.39, 0.29) is 24.0 Å². The number of methoxy groups -OCH3 is 1. The summed E-state index contributed by atoms with van der Waals surface area (Å²) in [6.45, 7) is 7.93. The normalized spacial score (nSPS) is 18.7. The molecule has 0 aromatic carbocycles. The van der Waals surface area contributed by atoms with Crippen molar-refractivity contribution in [1.82, 2.24) is 15.5 Å². The van der Waals surface area contributed by atoms with E-state index in [1.807, 2.05) is 11.8 Å². The number of thioether (sulfide) groups is 1. The summed E-state index contributed by atoms with van der Waals surface area (Å²) in [5.41, 5.74) is 0. The Morgan fingerprint density at radius 1 is 1.35 bits per heavy atom. The lowest BCUT2D eigenvalue weighted by Crippen LogP contribution is -2.40. The van der Waals surface area contributed by atoms with Crippen LogP contribution in [-0.4, -0.2) is 75.4 Å². The number of hydrogen-bond acceptors (Lipinski definition) is 4. The molecular formula is C16H35IN4OS. The van der Waals surface area contributed by atoms with E-state index in [0.717, 1.165) is 38.7 Å². The van der Waals surface area contributed by atoms with Crippen molar-refractivity contribution < 1.29 is 4.74 Å². The second kappa shape index (κ2) is 15.8. The summed E-state index contributed by atoms with van der Waals surface area (Å²) >= 11 is 1.92. The molecule has 23 heavy (non-hydrogen) atoms. The molecule has 1 heterocycles. The number of nitrogens with zero attached hydrogens (tertiary/aromatic N) is 2. The van der Waals surface area contributed by atoms with Gasteiger partial charge in [0.05, 0.1) is 13.2 Å². The Labute approximate surface area is 163 Å². The first-order valence-corrected chi connectivity index (χ1v) is 9.95. The van der Waals surface area contributed by atoms with Crippen LogP contribution < -0.4 is 10.6 Å². The van der Waals surface area contributed by atoms with Crippen LogP contribution in [0.5, 0.6) is 0 Å². The smallest absolute Gasteiger partial charge is 0.191 e. The van der Waals surface area contributed by atoms with Crippen molar-refractivity contribution in [2.24, 2.45) is 4.99 Å². The van der Waals surface area contributed by atoms with Crippen molar-refractivity contribution in [2.75, 3.05) is 58.4 Å². The molecule has 1 rings (SSSR count). The average Bonchev–Trinajstić information content (AvgIpc) is 2.97. The number of guanidine groups is 1. The number of halogens is 1. The van der Waals surface area contributed by atoms with Crippen molar-refractivity contribution in [3.63, 3.8) is 0 Å². The highest BCUT2D eigenvalue weighted by atomic mass is 127. The SMILES string of the molecule is CCNC(=NCC1CCCN1CCOC)NCCCCSC.I. The Morgan fingerprint density at radius 2 is 2.17 bits per heavy atom. The summed E-state index contributed by atoms with van der Waals surface area (Å²) in [6, 6.07) is 0.571. The van der Waals surface area contributed by atoms with E-state index in [4.69, 9.17) is 9.73 Å². The van der Waals surface area contributed by atoms with Gasteiger partial charge in [-0.2, -0.15) is 11.8 Å². The van der Waals surface area contributed by atoms with Gasteiger partial charge in [0.15, 0.2) is 5.96 Å². The predicted molar refractivity (Wildman–Crippen MR) is 113 cm³/mol. The predicted octanol–water partition coefficient (Wildman–Crippen LogP) is 2.41. The summed E-state index contributed by atoms with van der Waals surface area (Å²) in [5.74, 6) is 2.21. The molecule has 0 spiro atoms. The van der Waals surface area contributed by atoms with Crippen LogP contribution in [0.15, 0.2) is 4.99 Å². The van der Waals surface area contributed by atoms with Gasteiger partial charge in [-0.15, -0.1) is 24.0 Å². The molecule has 7 heteroatoms. The molecular weight excluding hydrogens is 423 g/mol. The van der Waals surface area contributed by atoms with Gasteiger partial charge in [-0.3, -0.25) is 9.89 Å². The van der Waals surface area contributed by atoms with Crippen LogP contribution in [0, 0.1) is 0 Å². The van der Waals surface area contributed by atoms with Gasteiger partial charge in [-0.1, -0.05) is 0 Å². The molecule has 0 aromatic heterocycles. The number of hydrogen-bond donors (Lipinski definition) is 2. The molecule has 0 radical (unpaired) electrons. The fraction of sp³-hybridized carbons (Fsp3) is 0.938. The molecule has 2 N–H and O–H groups in total. The van der Waals surface area contributed by atoms with Crippen LogP contribution in [0.1, 0.15) is 32.6 Å². The third-order valence-electron chi connectivity index (χ3n) is 3.95. The maximum Gasteiger partial charge on any atom is 0.191 e. The van der Waals surface area contributed by atoms with E-state index in [0.29, 0.717) is 6.04 Å². The minimum Gasteiger partial charge on any atom is -0.383 e. The van der Waals surface area contributed by atoms with Gasteiger partial charge in [0.25, 0.3) is 0 Å². The zero-order valence-electron chi connectivity index (χ0n) is 15.0. The van der Waals surface area contributed by atoms with Crippen LogP contribution in [0.4, 0.5) is 0 Å². The Bertz CT molecular complexity index is 308. The number of likely N-dealkylation sites (tertiary alicyclic amines) is 1. The van der Waals surface area contributed by atoms with Crippen molar-refractivity contribution in [2.45, 2.75) is 38.6 Å². The van der Waals surface area contributed by atoms with Crippen LogP contribution in [0.2, 0.25) is 0 Å². The molecule has 1 fully saturated rings. The molecule has 0 bridgehead atoms. The van der Waals surface area contributed by atoms with Gasteiger partial charge in [-0.05, 0) is 51.2 Å². The monoisotopic (exact) mass is 458 g/mol. The summed E-state index contributed by atoms with van der Waals surface area (Å²) < 4.78 is 5.20. The van der Waals surface area contributed by atoms with Crippen molar-refractivity contribution >= 4 is 41.7 Å². The molecule has 0 amide bonds. The maximum atomic E-state index is 5.20. The topological polar surface area (TPSA) is 48.9 Å². The summed E-state index contributed by atoms with van der Waals surface area (Å²) in [4.78, 5) is 7.29. The third kappa shape index (κ3) is 10.7. The number of nitrogens with one attached hydrogen (secondary N) is 2. The number of aliphatic imine (C=N–C) groups is 1. The summed E-state index contributed by atoms with van der Waals surface area (Å²) in [5, 5.41) is 6.79. The van der Waals surface area contributed by atoms with Gasteiger partial charge in [-0.25, -0.2) is 0 Å². The molecule has 1 saturated heterocycles. The van der Waals surface area contributed by atoms with E-state index in [1.165, 1.54) is 38.0 Å². The fourth-order valence-electron chi connectivity index (χ4n) is 2.72. The lowest BCUT2D eigenvalue weighted by Gasteiger charge is -2.23. The van der Waals surface area contributed by atoms with E-state index >= 15 is 0 Å². The lowest BCUT2D eigenvalue weighted by molar-refractivity contribution is 0.142. The van der Waals surface area contributed by atoms with E-state index in [2.05, 4.69) is 28.7 Å². The Balaban J connectivity index is 0.00000484. The zero-order chi connectivity index (χ0) is 16.0. The van der Waals surface area contributed by atoms with Gasteiger partial charge < -0.3 is 15.4 Å². The van der Waals surface area contributed by atoms with Crippen LogP contribution in [-0.2, 0) is 4.74 Å². The van der Waals surface area contributed by atoms with Crippen molar-refractivity contribution in [1.29, 1.82) is 0 Å². The zero-order valence-corrected chi connectivity index (χ0v) is 18.1. The standard InChI is InChI=1S/C16H34N4OS.HI/c1-4-17-16(18-9-5-6-13-22-3)19-14-15-8-7-10-20(15)11-12-21-2;/h15H,4-14H2,1-3H3,(H2,17,18,19);1H. The third-order valence-corrected chi connectivity index (χ3v) is 4.65. The molecule has 138 valence electrons. The van der Waals surface area contributed by atoms with E-state index in [1.54, 1.807) is 7.11 Å². The molecule has 0 saturated carbocycles. The molecule has 1 atom stereocenters. The average molecular weight is 458 g/mol. The first-order chi connectivity index (χ1) is 10.8. The molecule has 1 aliphatic heterocycles. The second-order valence-corrected chi connectivity index (χ2v) is 6.66. The Morgan fingerprint density at radius 3 is 2.87 bits per heavy atom. The van der Waals surface area contributed by atoms with E-state index in [9.17, 15) is 0 Å². The number of ether oxygens (including phenoxy) is 1. The molecule has 0 aromatic rings. The van der Waals surface area contributed by atoms with E-state index < -0.39 is 0 Å². The van der Waals surface area contributed by atoms with Crippen LogP contribution in [0.3, 0.4) is 0 Å². The van der Waals surface area contributed by atoms with Crippen molar-refractivity contribution in [3.8, 4) is 0 Å². The van der Waals surface area contributed by atoms with Crippen LogP contribution >= 0.6 is 35.7 Å². The first-order valence-electron chi connectivity index (χ1n) is 8.56. The largest absolute Gasteiger partial charge is 0.383 e. The summed E-state index contributed by atoms with van der Waals surface area (Å²) in [7, 11) is 1.77.